The van der Waals surface area contributed by atoms with Crippen molar-refractivity contribution in [1.29, 1.82) is 0 Å². The zero-order valence-electron chi connectivity index (χ0n) is 30.9. The van der Waals surface area contributed by atoms with Crippen molar-refractivity contribution < 1.29 is 37.5 Å². The molecule has 0 spiro atoms. The average Bonchev–Trinajstić information content (AvgIpc) is 3.18. The summed E-state index contributed by atoms with van der Waals surface area (Å²) < 4.78 is 24.8. The van der Waals surface area contributed by atoms with Gasteiger partial charge in [0.2, 0.25) is 0 Å². The molecule has 1 N–H and O–H groups in total. The molecule has 0 atom stereocenters. The van der Waals surface area contributed by atoms with Crippen LogP contribution in [0.1, 0.15) is 69.6 Å². The van der Waals surface area contributed by atoms with Gasteiger partial charge in [-0.3, -0.25) is 9.78 Å². The fraction of sp³-hybridized carbons (Fsp3) is 0.302. The Morgan fingerprint density at radius 1 is 0.875 bits per heavy atom. The molecule has 5 aromatic rings. The Balaban J connectivity index is 0.000000345. The van der Waals surface area contributed by atoms with Crippen LogP contribution in [-0.4, -0.2) is 15.9 Å². The van der Waals surface area contributed by atoms with Crippen LogP contribution in [0.15, 0.2) is 103 Å². The van der Waals surface area contributed by atoms with Gasteiger partial charge < -0.3 is 9.84 Å². The first-order valence-electron chi connectivity index (χ1n) is 17.4. The number of nitrogens with zero attached hydrogens (tertiary/aromatic N) is 1. The van der Waals surface area contributed by atoms with Gasteiger partial charge in [0.05, 0.1) is 17.0 Å². The maximum Gasteiger partial charge on any atom is 0.159 e. The standard InChI is InChI=1S/C32H26NO.C11H20O2.Ir/c1-32(2,3)20-21-19-29(33-28-17-8-6-11-22(21)28)27-16-10-15-26-24-13-5-4-12-23(24)25-14-7-9-18-30(25)34-31(26)27;1-8(2)5-10(12)7-11(13)6-9(3)4;/h4-15,17-19H,20H2,1-3H3;7-9,12H,5-6H2,1-4H3;/q-1;;/b;10-7-;/i20D2;;. The number of benzene rings is 4. The minimum atomic E-state index is -1.59. The van der Waals surface area contributed by atoms with E-state index in [-0.39, 0.29) is 31.6 Å². The van der Waals surface area contributed by atoms with Gasteiger partial charge in [0.25, 0.3) is 0 Å². The number of ether oxygens (including phenoxy) is 1. The van der Waals surface area contributed by atoms with Crippen LogP contribution in [-0.2, 0) is 31.3 Å². The Morgan fingerprint density at radius 2 is 1.48 bits per heavy atom. The quantitative estimate of drug-likeness (QED) is 0.0990. The fourth-order valence-electron chi connectivity index (χ4n) is 5.77. The number of pyridine rings is 1. The maximum atomic E-state index is 11.2. The summed E-state index contributed by atoms with van der Waals surface area (Å²) in [5.74, 6) is 2.43. The second-order valence-electron chi connectivity index (χ2n) is 14.0. The topological polar surface area (TPSA) is 59.4 Å². The van der Waals surface area contributed by atoms with Crippen molar-refractivity contribution in [3.8, 4) is 45.0 Å². The number of aliphatic hydroxyl groups excluding tert-OH is 1. The van der Waals surface area contributed by atoms with Crippen molar-refractivity contribution in [3.63, 3.8) is 0 Å². The van der Waals surface area contributed by atoms with Gasteiger partial charge in [-0.05, 0) is 58.1 Å². The summed E-state index contributed by atoms with van der Waals surface area (Å²) in [7, 11) is 0. The van der Waals surface area contributed by atoms with E-state index in [0.717, 1.165) is 44.5 Å². The first kappa shape index (κ1) is 33.8. The van der Waals surface area contributed by atoms with Crippen molar-refractivity contribution >= 4 is 16.7 Å². The molecule has 1 aromatic heterocycles. The summed E-state index contributed by atoms with van der Waals surface area (Å²) in [4.78, 5) is 16.2. The predicted octanol–water partition coefficient (Wildman–Crippen LogP) is 11.8. The summed E-state index contributed by atoms with van der Waals surface area (Å²) in [6.07, 6.45) is 0.877. The third kappa shape index (κ3) is 9.09. The van der Waals surface area contributed by atoms with Crippen LogP contribution in [0.2, 0.25) is 0 Å². The van der Waals surface area contributed by atoms with Gasteiger partial charge in [-0.15, -0.1) is 18.2 Å². The van der Waals surface area contributed by atoms with E-state index in [0.29, 0.717) is 41.7 Å². The molecule has 6 rings (SSSR count). The average molecular weight is 819 g/mol. The molecule has 48 heavy (non-hydrogen) atoms. The molecule has 4 aromatic carbocycles. The van der Waals surface area contributed by atoms with E-state index in [1.54, 1.807) is 0 Å². The van der Waals surface area contributed by atoms with Crippen molar-refractivity contribution in [2.45, 2.75) is 67.7 Å². The van der Waals surface area contributed by atoms with Gasteiger partial charge in [0.15, 0.2) is 5.78 Å². The molecule has 0 amide bonds. The van der Waals surface area contributed by atoms with E-state index < -0.39 is 11.8 Å². The molecular formula is C43H46IrNO3-. The summed E-state index contributed by atoms with van der Waals surface area (Å²) in [5, 5.41) is 10.2. The molecule has 1 radical (unpaired) electrons. The Bertz CT molecular complexity index is 2010. The number of hydrogen-bond acceptors (Lipinski definition) is 4. The number of para-hydroxylation sites is 2. The molecule has 0 fully saturated rings. The van der Waals surface area contributed by atoms with Crippen LogP contribution in [0.25, 0.3) is 44.4 Å². The van der Waals surface area contributed by atoms with E-state index >= 15 is 0 Å². The Morgan fingerprint density at radius 3 is 2.15 bits per heavy atom. The number of ketones is 1. The van der Waals surface area contributed by atoms with Crippen LogP contribution in [0.5, 0.6) is 11.5 Å². The van der Waals surface area contributed by atoms with E-state index in [2.05, 4.69) is 24.3 Å². The first-order valence-corrected chi connectivity index (χ1v) is 16.4. The minimum Gasteiger partial charge on any atom is -0.512 e. The molecular weight excluding hydrogens is 771 g/mol. The fourth-order valence-corrected chi connectivity index (χ4v) is 5.77. The normalized spacial score (nSPS) is 13.1. The number of carbonyl (C=O) groups excluding carboxylic acids is 1. The molecule has 251 valence electrons. The van der Waals surface area contributed by atoms with Crippen molar-refractivity contribution in [1.82, 2.24) is 4.98 Å². The number of fused-ring (bicyclic) bond motifs is 6. The second-order valence-corrected chi connectivity index (χ2v) is 14.0. The van der Waals surface area contributed by atoms with Crippen molar-refractivity contribution in [2.75, 3.05) is 0 Å². The van der Waals surface area contributed by atoms with Crippen LogP contribution in [0.3, 0.4) is 0 Å². The number of aliphatic hydroxyl groups is 1. The molecule has 0 aliphatic carbocycles. The third-order valence-corrected chi connectivity index (χ3v) is 7.59. The van der Waals surface area contributed by atoms with Crippen molar-refractivity contribution in [2.24, 2.45) is 17.3 Å². The summed E-state index contributed by atoms with van der Waals surface area (Å²) >= 11 is 0. The zero-order chi connectivity index (χ0) is 35.5. The first-order chi connectivity index (χ1) is 23.2. The van der Waals surface area contributed by atoms with Gasteiger partial charge in [-0.1, -0.05) is 126 Å². The molecule has 4 nitrogen and oxygen atoms in total. The summed E-state index contributed by atoms with van der Waals surface area (Å²) in [5.41, 5.74) is 6.31. The molecule has 0 saturated carbocycles. The summed E-state index contributed by atoms with van der Waals surface area (Å²) in [6.45, 7) is 13.8. The van der Waals surface area contributed by atoms with Crippen LogP contribution in [0, 0.1) is 23.3 Å². The van der Waals surface area contributed by atoms with Gasteiger partial charge in [-0.25, -0.2) is 0 Å². The SMILES string of the molecule is CC(C)CC(=O)/C=C(\O)CC(C)C.[2H]C([2H])(c1cc(-c2[c-]ccc3c2Oc2ccccc2-c2ccccc2-3)nc2ccccc12)C(C)(C)C.[Ir]. The Kier molecular flexibility index (Phi) is 11.2. The molecule has 2 heterocycles. The van der Waals surface area contributed by atoms with E-state index in [1.165, 1.54) is 6.08 Å². The maximum absolute atomic E-state index is 11.2. The second kappa shape index (κ2) is 15.9. The Hall–Kier alpha value is -4.05. The molecule has 0 unspecified atom stereocenters. The largest absolute Gasteiger partial charge is 0.512 e. The van der Waals surface area contributed by atoms with Crippen LogP contribution < -0.4 is 4.74 Å². The number of allylic oxidation sites excluding steroid dienone is 2. The molecule has 1 aliphatic heterocycles. The molecule has 5 heteroatoms. The monoisotopic (exact) mass is 819 g/mol. The smallest absolute Gasteiger partial charge is 0.159 e. The van der Waals surface area contributed by atoms with Gasteiger partial charge in [-0.2, -0.15) is 0 Å². The number of aromatic nitrogens is 1. The van der Waals surface area contributed by atoms with Crippen molar-refractivity contribution in [3.05, 3.63) is 114 Å². The molecule has 1 aliphatic rings. The number of rotatable bonds is 7. The summed E-state index contributed by atoms with van der Waals surface area (Å²) in [6, 6.07) is 33.3. The number of hydrogen-bond donors (Lipinski definition) is 1. The van der Waals surface area contributed by atoms with E-state index in [4.69, 9.17) is 12.5 Å². The molecule has 0 saturated heterocycles. The molecule has 0 bridgehead atoms. The van der Waals surface area contributed by atoms with Gasteiger partial charge in [0, 0.05) is 52.7 Å². The zero-order valence-corrected chi connectivity index (χ0v) is 31.2. The van der Waals surface area contributed by atoms with Crippen LogP contribution in [0.4, 0.5) is 0 Å². The Labute approximate surface area is 302 Å². The van der Waals surface area contributed by atoms with Crippen LogP contribution >= 0.6 is 0 Å². The number of carbonyl (C=O) groups is 1. The minimum absolute atomic E-state index is 0. The van der Waals surface area contributed by atoms with Gasteiger partial charge >= 0.3 is 0 Å². The van der Waals surface area contributed by atoms with Gasteiger partial charge in [0.1, 0.15) is 5.75 Å². The van der Waals surface area contributed by atoms with E-state index in [9.17, 15) is 9.90 Å². The third-order valence-electron chi connectivity index (χ3n) is 7.59. The predicted molar refractivity (Wildman–Crippen MR) is 195 cm³/mol. The van der Waals surface area contributed by atoms with E-state index in [1.807, 2.05) is 121 Å².